The molecule has 1 aromatic rings. The lowest BCUT2D eigenvalue weighted by Gasteiger charge is -2.25. The van der Waals surface area contributed by atoms with Gasteiger partial charge in [0.25, 0.3) is 0 Å². The largest absolute Gasteiger partial charge is 0.492 e. The first-order chi connectivity index (χ1) is 10.9. The van der Waals surface area contributed by atoms with Crippen LogP contribution in [0.2, 0.25) is 0 Å². The number of nitrogens with one attached hydrogen (secondary N) is 1. The van der Waals surface area contributed by atoms with Crippen molar-refractivity contribution >= 4 is 18.3 Å². The Kier molecular flexibility index (Phi) is 7.83. The molecule has 4 nitrogen and oxygen atoms in total. The van der Waals surface area contributed by atoms with Gasteiger partial charge < -0.3 is 15.8 Å². The molecule has 0 bridgehead atoms. The van der Waals surface area contributed by atoms with Crippen molar-refractivity contribution in [3.05, 3.63) is 29.8 Å². The topological polar surface area (TPSA) is 64.4 Å². The smallest absolute Gasteiger partial charge is 0.416 e. The Balaban J connectivity index is 0.00000288. The summed E-state index contributed by atoms with van der Waals surface area (Å²) in [6.07, 6.45) is -0.889. The summed E-state index contributed by atoms with van der Waals surface area (Å²) in [7, 11) is 0. The van der Waals surface area contributed by atoms with E-state index >= 15 is 0 Å². The van der Waals surface area contributed by atoms with Crippen LogP contribution in [-0.2, 0) is 11.0 Å². The van der Waals surface area contributed by atoms with E-state index in [1.165, 1.54) is 12.1 Å². The molecule has 24 heavy (non-hydrogen) atoms. The van der Waals surface area contributed by atoms with Crippen LogP contribution in [0.15, 0.2) is 24.3 Å². The maximum absolute atomic E-state index is 12.4. The summed E-state index contributed by atoms with van der Waals surface area (Å²) in [5.41, 5.74) is 5.14. The second-order valence-corrected chi connectivity index (χ2v) is 5.79. The molecule has 2 atom stereocenters. The van der Waals surface area contributed by atoms with Gasteiger partial charge in [0.2, 0.25) is 5.91 Å². The number of hydrogen-bond acceptors (Lipinski definition) is 3. The van der Waals surface area contributed by atoms with Crippen molar-refractivity contribution in [2.75, 3.05) is 13.2 Å². The highest BCUT2D eigenvalue weighted by atomic mass is 35.5. The zero-order chi connectivity index (χ0) is 16.9. The molecule has 0 spiro atoms. The predicted molar refractivity (Wildman–Crippen MR) is 87.1 cm³/mol. The molecule has 1 aliphatic carbocycles. The fourth-order valence-corrected chi connectivity index (χ4v) is 2.69. The molecule has 0 aromatic heterocycles. The first-order valence-electron chi connectivity index (χ1n) is 7.69. The first kappa shape index (κ1) is 20.6. The van der Waals surface area contributed by atoms with Crippen LogP contribution in [0.1, 0.15) is 31.2 Å². The molecular weight excluding hydrogens is 345 g/mol. The second kappa shape index (κ2) is 9.13. The Morgan fingerprint density at radius 1 is 1.25 bits per heavy atom. The number of hydrogen-bond donors (Lipinski definition) is 2. The number of halogens is 4. The fraction of sp³-hybridized carbons (Fsp3) is 0.562. The molecule has 0 saturated heterocycles. The van der Waals surface area contributed by atoms with Gasteiger partial charge >= 0.3 is 6.18 Å². The van der Waals surface area contributed by atoms with Crippen molar-refractivity contribution in [1.29, 1.82) is 0 Å². The van der Waals surface area contributed by atoms with Gasteiger partial charge in [0.15, 0.2) is 0 Å². The van der Waals surface area contributed by atoms with Crippen molar-refractivity contribution in [2.24, 2.45) is 11.7 Å². The molecule has 1 aliphatic rings. The number of ether oxygens (including phenoxy) is 1. The van der Waals surface area contributed by atoms with Gasteiger partial charge in [-0.15, -0.1) is 12.4 Å². The van der Waals surface area contributed by atoms with Crippen molar-refractivity contribution in [3.8, 4) is 5.75 Å². The number of benzene rings is 1. The van der Waals surface area contributed by atoms with Crippen molar-refractivity contribution in [2.45, 2.75) is 37.9 Å². The number of nitrogens with two attached hydrogens (primary N) is 1. The third-order valence-electron chi connectivity index (χ3n) is 3.94. The molecule has 1 fully saturated rings. The van der Waals surface area contributed by atoms with Crippen LogP contribution in [0.25, 0.3) is 0 Å². The Labute approximate surface area is 145 Å². The van der Waals surface area contributed by atoms with Crippen LogP contribution in [0.3, 0.4) is 0 Å². The highest BCUT2D eigenvalue weighted by Crippen LogP contribution is 2.30. The third-order valence-corrected chi connectivity index (χ3v) is 3.94. The minimum atomic E-state index is -4.35. The molecule has 2 rings (SSSR count). The summed E-state index contributed by atoms with van der Waals surface area (Å²) < 4.78 is 42.6. The monoisotopic (exact) mass is 366 g/mol. The number of amides is 1. The standard InChI is InChI=1S/C16H21F3N2O2.ClH/c17-16(18,19)12-4-6-14(7-5-12)23-9-8-21-15(22)11-2-1-3-13(20)10-11;/h4-7,11,13H,1-3,8-10,20H2,(H,21,22);1H. The van der Waals surface area contributed by atoms with Gasteiger partial charge in [-0.25, -0.2) is 0 Å². The van der Waals surface area contributed by atoms with Crippen LogP contribution >= 0.6 is 12.4 Å². The van der Waals surface area contributed by atoms with E-state index in [0.29, 0.717) is 18.7 Å². The lowest BCUT2D eigenvalue weighted by Crippen LogP contribution is -2.39. The molecule has 8 heteroatoms. The average Bonchev–Trinajstić information content (AvgIpc) is 2.51. The number of carbonyl (C=O) groups is 1. The second-order valence-electron chi connectivity index (χ2n) is 5.79. The van der Waals surface area contributed by atoms with E-state index in [9.17, 15) is 18.0 Å². The molecule has 1 amide bonds. The van der Waals surface area contributed by atoms with E-state index in [4.69, 9.17) is 10.5 Å². The van der Waals surface area contributed by atoms with E-state index in [0.717, 1.165) is 31.4 Å². The lowest BCUT2D eigenvalue weighted by molar-refractivity contribution is -0.137. The van der Waals surface area contributed by atoms with E-state index in [2.05, 4.69) is 5.32 Å². The van der Waals surface area contributed by atoms with Gasteiger partial charge in [0.1, 0.15) is 12.4 Å². The zero-order valence-corrected chi connectivity index (χ0v) is 14.0. The van der Waals surface area contributed by atoms with Crippen molar-refractivity contribution in [1.82, 2.24) is 5.32 Å². The Bertz CT molecular complexity index is 523. The summed E-state index contributed by atoms with van der Waals surface area (Å²) >= 11 is 0. The van der Waals surface area contributed by atoms with Crippen LogP contribution < -0.4 is 15.8 Å². The molecule has 136 valence electrons. The molecular formula is C16H22ClF3N2O2. The van der Waals surface area contributed by atoms with Gasteiger partial charge in [-0.2, -0.15) is 13.2 Å². The summed E-state index contributed by atoms with van der Waals surface area (Å²) in [5, 5.41) is 2.78. The first-order valence-corrected chi connectivity index (χ1v) is 7.69. The maximum Gasteiger partial charge on any atom is 0.416 e. The average molecular weight is 367 g/mol. The molecule has 0 aliphatic heterocycles. The van der Waals surface area contributed by atoms with E-state index in [-0.39, 0.29) is 36.9 Å². The number of carbonyl (C=O) groups excluding carboxylic acids is 1. The highest BCUT2D eigenvalue weighted by molar-refractivity contribution is 5.85. The van der Waals surface area contributed by atoms with Crippen molar-refractivity contribution < 1.29 is 22.7 Å². The molecule has 3 N–H and O–H groups in total. The zero-order valence-electron chi connectivity index (χ0n) is 13.1. The summed E-state index contributed by atoms with van der Waals surface area (Å²) in [4.78, 5) is 12.0. The third kappa shape index (κ3) is 6.20. The number of rotatable bonds is 5. The number of alkyl halides is 3. The molecule has 0 radical (unpaired) electrons. The Morgan fingerprint density at radius 3 is 2.50 bits per heavy atom. The quantitative estimate of drug-likeness (QED) is 0.787. The molecule has 1 aromatic carbocycles. The van der Waals surface area contributed by atoms with Gasteiger partial charge in [-0.3, -0.25) is 4.79 Å². The van der Waals surface area contributed by atoms with Crippen LogP contribution in [0.4, 0.5) is 13.2 Å². The fourth-order valence-electron chi connectivity index (χ4n) is 2.69. The summed E-state index contributed by atoms with van der Waals surface area (Å²) in [6, 6.07) is 4.56. The molecule has 0 heterocycles. The van der Waals surface area contributed by atoms with Crippen molar-refractivity contribution in [3.63, 3.8) is 0 Å². The van der Waals surface area contributed by atoms with Crippen LogP contribution in [0, 0.1) is 5.92 Å². The normalized spacial score (nSPS) is 20.8. The van der Waals surface area contributed by atoms with Crippen LogP contribution in [-0.4, -0.2) is 25.1 Å². The SMILES string of the molecule is Cl.NC1CCCC(C(=O)NCCOc2ccc(C(F)(F)F)cc2)C1. The molecule has 1 saturated carbocycles. The predicted octanol–water partition coefficient (Wildman–Crippen LogP) is 3.14. The summed E-state index contributed by atoms with van der Waals surface area (Å²) in [6.45, 7) is 0.515. The Morgan fingerprint density at radius 2 is 1.92 bits per heavy atom. The van der Waals surface area contributed by atoms with E-state index < -0.39 is 11.7 Å². The van der Waals surface area contributed by atoms with Gasteiger partial charge in [0.05, 0.1) is 12.1 Å². The molecule has 2 unspecified atom stereocenters. The van der Waals surface area contributed by atoms with Crippen LogP contribution in [0.5, 0.6) is 5.75 Å². The highest BCUT2D eigenvalue weighted by Gasteiger charge is 2.30. The maximum atomic E-state index is 12.4. The summed E-state index contributed by atoms with van der Waals surface area (Å²) in [5.74, 6) is 0.257. The van der Waals surface area contributed by atoms with E-state index in [1.807, 2.05) is 0 Å². The van der Waals surface area contributed by atoms with E-state index in [1.54, 1.807) is 0 Å². The van der Waals surface area contributed by atoms with Gasteiger partial charge in [-0.1, -0.05) is 6.42 Å². The minimum Gasteiger partial charge on any atom is -0.492 e. The lowest BCUT2D eigenvalue weighted by atomic mass is 9.85. The van der Waals surface area contributed by atoms with Gasteiger partial charge in [0, 0.05) is 12.0 Å². The van der Waals surface area contributed by atoms with Gasteiger partial charge in [-0.05, 0) is 43.5 Å². The Hall–Kier alpha value is -1.47. The minimum absolute atomic E-state index is 0.